The van der Waals surface area contributed by atoms with E-state index >= 15 is 0 Å². The number of hydrogen-bond donors (Lipinski definition) is 1. The second kappa shape index (κ2) is 9.84. The zero-order valence-corrected chi connectivity index (χ0v) is 16.9. The van der Waals surface area contributed by atoms with Gasteiger partial charge >= 0.3 is 0 Å². The summed E-state index contributed by atoms with van der Waals surface area (Å²) in [5, 5.41) is 3.00. The van der Waals surface area contributed by atoms with Gasteiger partial charge in [-0.3, -0.25) is 4.79 Å². The van der Waals surface area contributed by atoms with Crippen molar-refractivity contribution in [2.24, 2.45) is 0 Å². The number of nitrogens with one attached hydrogen (secondary N) is 1. The summed E-state index contributed by atoms with van der Waals surface area (Å²) in [5.41, 5.74) is 0.952. The molecule has 0 aromatic heterocycles. The van der Waals surface area contributed by atoms with Crippen LogP contribution in [0.5, 0.6) is 5.75 Å². The van der Waals surface area contributed by atoms with E-state index in [2.05, 4.69) is 5.32 Å². The Morgan fingerprint density at radius 3 is 2.55 bits per heavy atom. The highest BCUT2D eigenvalue weighted by Crippen LogP contribution is 2.20. The number of carbonyl (C=O) groups excluding carboxylic acids is 1. The molecule has 1 aliphatic rings. The molecule has 8 heteroatoms. The van der Waals surface area contributed by atoms with Crippen LogP contribution in [0.4, 0.5) is 4.39 Å². The number of nitrogens with zero attached hydrogens (tertiary/aromatic N) is 1. The van der Waals surface area contributed by atoms with Crippen LogP contribution in [-0.2, 0) is 21.2 Å². The first-order chi connectivity index (χ1) is 13.9. The summed E-state index contributed by atoms with van der Waals surface area (Å²) >= 11 is 0. The Kier molecular flexibility index (Phi) is 7.22. The number of amides is 1. The van der Waals surface area contributed by atoms with Gasteiger partial charge in [-0.25, -0.2) is 12.8 Å². The van der Waals surface area contributed by atoms with Gasteiger partial charge in [0.2, 0.25) is 5.91 Å². The Bertz CT molecular complexity index is 921. The number of para-hydroxylation sites is 1. The van der Waals surface area contributed by atoms with E-state index in [-0.39, 0.29) is 42.4 Å². The predicted octanol–water partition coefficient (Wildman–Crippen LogP) is 2.01. The highest BCUT2D eigenvalue weighted by atomic mass is 32.2. The van der Waals surface area contributed by atoms with E-state index in [1.165, 1.54) is 6.07 Å². The molecule has 0 bridgehead atoms. The molecule has 2 aromatic carbocycles. The first-order valence-corrected chi connectivity index (χ1v) is 11.4. The lowest BCUT2D eigenvalue weighted by atomic mass is 10.1. The van der Waals surface area contributed by atoms with Crippen molar-refractivity contribution >= 4 is 15.7 Å². The number of ether oxygens (including phenoxy) is 1. The van der Waals surface area contributed by atoms with Crippen LogP contribution < -0.4 is 10.1 Å². The van der Waals surface area contributed by atoms with E-state index in [1.807, 2.05) is 30.3 Å². The summed E-state index contributed by atoms with van der Waals surface area (Å²) in [6, 6.07) is 15.3. The SMILES string of the molecule is O=C(CNCCOc1ccccc1F)N(Cc1ccccc1)[C@H]1CCS(=O)(=O)C1. The molecule has 1 fully saturated rings. The van der Waals surface area contributed by atoms with Crippen molar-refractivity contribution in [2.75, 3.05) is 31.2 Å². The highest BCUT2D eigenvalue weighted by Gasteiger charge is 2.34. The van der Waals surface area contributed by atoms with Gasteiger partial charge in [-0.05, 0) is 24.1 Å². The maximum absolute atomic E-state index is 13.5. The van der Waals surface area contributed by atoms with Crippen LogP contribution in [0.3, 0.4) is 0 Å². The number of halogens is 1. The molecule has 1 amide bonds. The van der Waals surface area contributed by atoms with Gasteiger partial charge in [-0.1, -0.05) is 42.5 Å². The smallest absolute Gasteiger partial charge is 0.237 e. The third-order valence-electron chi connectivity index (χ3n) is 4.81. The fourth-order valence-electron chi connectivity index (χ4n) is 3.31. The van der Waals surface area contributed by atoms with Crippen molar-refractivity contribution < 1.29 is 22.3 Å². The molecule has 156 valence electrons. The molecule has 1 heterocycles. The molecule has 0 saturated carbocycles. The Hall–Kier alpha value is -2.45. The monoisotopic (exact) mass is 420 g/mol. The van der Waals surface area contributed by atoms with Crippen LogP contribution in [0, 0.1) is 5.82 Å². The molecule has 29 heavy (non-hydrogen) atoms. The van der Waals surface area contributed by atoms with E-state index in [1.54, 1.807) is 23.1 Å². The van der Waals surface area contributed by atoms with Crippen molar-refractivity contribution in [2.45, 2.75) is 19.0 Å². The number of sulfone groups is 1. The lowest BCUT2D eigenvalue weighted by Gasteiger charge is -2.28. The molecular weight excluding hydrogens is 395 g/mol. The topological polar surface area (TPSA) is 75.7 Å². The molecule has 0 spiro atoms. The maximum Gasteiger partial charge on any atom is 0.237 e. The third kappa shape index (κ3) is 6.27. The van der Waals surface area contributed by atoms with Crippen molar-refractivity contribution in [3.05, 3.63) is 66.0 Å². The van der Waals surface area contributed by atoms with E-state index < -0.39 is 15.7 Å². The van der Waals surface area contributed by atoms with Crippen LogP contribution in [0.25, 0.3) is 0 Å². The minimum absolute atomic E-state index is 0.00195. The number of benzene rings is 2. The quantitative estimate of drug-likeness (QED) is 0.628. The van der Waals surface area contributed by atoms with Crippen LogP contribution in [0.1, 0.15) is 12.0 Å². The van der Waals surface area contributed by atoms with Crippen molar-refractivity contribution in [1.29, 1.82) is 0 Å². The summed E-state index contributed by atoms with van der Waals surface area (Å²) in [6.45, 7) is 1.00. The van der Waals surface area contributed by atoms with E-state index in [4.69, 9.17) is 4.74 Å². The summed E-state index contributed by atoms with van der Waals surface area (Å²) in [4.78, 5) is 14.4. The maximum atomic E-state index is 13.5. The molecule has 1 atom stereocenters. The predicted molar refractivity (Wildman–Crippen MR) is 109 cm³/mol. The highest BCUT2D eigenvalue weighted by molar-refractivity contribution is 7.91. The molecule has 1 N–H and O–H groups in total. The Morgan fingerprint density at radius 1 is 1.14 bits per heavy atom. The third-order valence-corrected chi connectivity index (χ3v) is 6.56. The Balaban J connectivity index is 1.53. The molecule has 0 radical (unpaired) electrons. The van der Waals surface area contributed by atoms with E-state index in [9.17, 15) is 17.6 Å². The largest absolute Gasteiger partial charge is 0.489 e. The Morgan fingerprint density at radius 2 is 1.86 bits per heavy atom. The number of rotatable bonds is 9. The summed E-state index contributed by atoms with van der Waals surface area (Å²) in [5.74, 6) is -0.313. The normalized spacial score (nSPS) is 17.8. The second-order valence-corrected chi connectivity index (χ2v) is 9.25. The van der Waals surface area contributed by atoms with Gasteiger partial charge in [0, 0.05) is 19.1 Å². The minimum Gasteiger partial charge on any atom is -0.489 e. The molecule has 0 unspecified atom stereocenters. The molecule has 2 aromatic rings. The minimum atomic E-state index is -3.10. The molecule has 1 aliphatic heterocycles. The first kappa shape index (κ1) is 21.3. The van der Waals surface area contributed by atoms with Crippen molar-refractivity contribution in [3.8, 4) is 5.75 Å². The van der Waals surface area contributed by atoms with Gasteiger partial charge in [0.15, 0.2) is 21.4 Å². The van der Waals surface area contributed by atoms with Crippen LogP contribution in [0.2, 0.25) is 0 Å². The van der Waals surface area contributed by atoms with Gasteiger partial charge in [0.05, 0.1) is 18.1 Å². The molecular formula is C21H25FN2O4S. The second-order valence-electron chi connectivity index (χ2n) is 7.02. The molecule has 6 nitrogen and oxygen atoms in total. The van der Waals surface area contributed by atoms with Gasteiger partial charge in [0.1, 0.15) is 6.61 Å². The van der Waals surface area contributed by atoms with E-state index in [0.717, 1.165) is 5.56 Å². The standard InChI is InChI=1S/C21H25FN2O4S/c22-19-8-4-5-9-20(19)28-12-11-23-14-21(25)24(15-17-6-2-1-3-7-17)18-10-13-29(26,27)16-18/h1-9,18,23H,10-16H2/t18-/m0/s1. The molecule has 0 aliphatic carbocycles. The first-order valence-electron chi connectivity index (χ1n) is 9.56. The van der Waals surface area contributed by atoms with Crippen molar-refractivity contribution in [1.82, 2.24) is 10.2 Å². The fourth-order valence-corrected chi connectivity index (χ4v) is 5.04. The number of carbonyl (C=O) groups is 1. The van der Waals surface area contributed by atoms with Gasteiger partial charge in [-0.15, -0.1) is 0 Å². The van der Waals surface area contributed by atoms with E-state index in [0.29, 0.717) is 19.5 Å². The lowest BCUT2D eigenvalue weighted by molar-refractivity contribution is -0.132. The molecule has 1 saturated heterocycles. The van der Waals surface area contributed by atoms with Gasteiger partial charge in [0.25, 0.3) is 0 Å². The molecule has 3 rings (SSSR count). The lowest BCUT2D eigenvalue weighted by Crippen LogP contribution is -2.45. The van der Waals surface area contributed by atoms with Gasteiger partial charge in [-0.2, -0.15) is 0 Å². The average molecular weight is 421 g/mol. The zero-order chi connectivity index (χ0) is 20.7. The van der Waals surface area contributed by atoms with Crippen LogP contribution >= 0.6 is 0 Å². The fraction of sp³-hybridized carbons (Fsp3) is 0.381. The Labute approximate surface area is 170 Å². The summed E-state index contributed by atoms with van der Waals surface area (Å²) in [7, 11) is -3.10. The summed E-state index contributed by atoms with van der Waals surface area (Å²) < 4.78 is 42.6. The van der Waals surface area contributed by atoms with Crippen molar-refractivity contribution in [3.63, 3.8) is 0 Å². The summed E-state index contributed by atoms with van der Waals surface area (Å²) in [6.07, 6.45) is 0.456. The average Bonchev–Trinajstić information content (AvgIpc) is 3.07. The van der Waals surface area contributed by atoms with Crippen LogP contribution in [0.15, 0.2) is 54.6 Å². The van der Waals surface area contributed by atoms with Gasteiger partial charge < -0.3 is 15.0 Å². The number of hydrogen-bond acceptors (Lipinski definition) is 5. The van der Waals surface area contributed by atoms with Crippen LogP contribution in [-0.4, -0.2) is 56.5 Å². The zero-order valence-electron chi connectivity index (χ0n) is 16.1.